The van der Waals surface area contributed by atoms with Crippen molar-refractivity contribution in [1.82, 2.24) is 9.97 Å². The van der Waals surface area contributed by atoms with Crippen molar-refractivity contribution in [1.29, 1.82) is 0 Å². The van der Waals surface area contributed by atoms with E-state index in [1.54, 1.807) is 4.90 Å². The van der Waals surface area contributed by atoms with Crippen LogP contribution in [-0.4, -0.2) is 42.8 Å². The third-order valence-electron chi connectivity index (χ3n) is 4.06. The largest absolute Gasteiger partial charge is 0.370 e. The number of hydrogen-bond acceptors (Lipinski definition) is 2. The van der Waals surface area contributed by atoms with E-state index in [1.807, 2.05) is 0 Å². The number of hydrogen-bond donors (Lipinski definition) is 2. The second kappa shape index (κ2) is 5.31. The zero-order valence-corrected chi connectivity index (χ0v) is 11.8. The first-order chi connectivity index (χ1) is 9.22. The number of imidazole rings is 1. The van der Waals surface area contributed by atoms with Crippen molar-refractivity contribution in [2.24, 2.45) is 0 Å². The Morgan fingerprint density at radius 1 is 1.21 bits per heavy atom. The van der Waals surface area contributed by atoms with Crippen LogP contribution in [0, 0.1) is 13.8 Å². The maximum Gasteiger partial charge on any atom is 0.112 e. The number of rotatable bonds is 3. The van der Waals surface area contributed by atoms with Gasteiger partial charge in [0.25, 0.3) is 0 Å². The monoisotopic (exact) mass is 260 g/mol. The molecule has 1 aromatic heterocycles. The Kier molecular flexibility index (Phi) is 3.53. The Bertz CT molecular complexity index is 531. The van der Waals surface area contributed by atoms with Gasteiger partial charge < -0.3 is 14.6 Å². The average molecular weight is 260 g/mol. The van der Waals surface area contributed by atoms with Gasteiger partial charge in [0, 0.05) is 0 Å². The standard InChI is InChI=1S/C15H21N3O/c1-11-9-13-14(10-12(11)2)17-15(16-13)3-4-18-5-7-19-8-6-18/h9-10H,3-8H2,1-2H3,(H,16,17)/p+1. The molecule has 102 valence electrons. The minimum atomic E-state index is 0.897. The van der Waals surface area contributed by atoms with E-state index in [9.17, 15) is 0 Å². The quantitative estimate of drug-likeness (QED) is 0.850. The van der Waals surface area contributed by atoms with Crippen molar-refractivity contribution in [3.05, 3.63) is 29.1 Å². The first-order valence-electron chi connectivity index (χ1n) is 7.09. The number of H-pyrrole nitrogens is 1. The first kappa shape index (κ1) is 12.6. The van der Waals surface area contributed by atoms with Gasteiger partial charge >= 0.3 is 0 Å². The van der Waals surface area contributed by atoms with Gasteiger partial charge in [-0.05, 0) is 37.1 Å². The minimum absolute atomic E-state index is 0.897. The number of nitrogens with one attached hydrogen (secondary N) is 2. The topological polar surface area (TPSA) is 42.4 Å². The summed E-state index contributed by atoms with van der Waals surface area (Å²) in [6.07, 6.45) is 1.02. The van der Waals surface area contributed by atoms with E-state index in [0.717, 1.165) is 56.1 Å². The lowest BCUT2D eigenvalue weighted by Crippen LogP contribution is -3.14. The summed E-state index contributed by atoms with van der Waals surface area (Å²) < 4.78 is 5.38. The molecule has 2 aromatic rings. The van der Waals surface area contributed by atoms with E-state index in [-0.39, 0.29) is 0 Å². The van der Waals surface area contributed by atoms with Gasteiger partial charge in [0.2, 0.25) is 0 Å². The summed E-state index contributed by atoms with van der Waals surface area (Å²) in [5, 5.41) is 0. The van der Waals surface area contributed by atoms with Gasteiger partial charge in [-0.25, -0.2) is 4.98 Å². The molecule has 0 amide bonds. The number of aromatic amines is 1. The molecule has 0 saturated carbocycles. The van der Waals surface area contributed by atoms with Crippen LogP contribution in [0.1, 0.15) is 17.0 Å². The SMILES string of the molecule is Cc1cc2nc(CC[NH+]3CCOCC3)[nH]c2cc1C. The highest BCUT2D eigenvalue weighted by atomic mass is 16.5. The number of morpholine rings is 1. The van der Waals surface area contributed by atoms with Crippen molar-refractivity contribution in [3.63, 3.8) is 0 Å². The van der Waals surface area contributed by atoms with Crippen LogP contribution in [0.4, 0.5) is 0 Å². The van der Waals surface area contributed by atoms with Gasteiger partial charge in [0.1, 0.15) is 18.9 Å². The summed E-state index contributed by atoms with van der Waals surface area (Å²) in [6, 6.07) is 4.37. The third kappa shape index (κ3) is 2.80. The summed E-state index contributed by atoms with van der Waals surface area (Å²) in [5.41, 5.74) is 4.89. The molecule has 0 atom stereocenters. The van der Waals surface area contributed by atoms with Crippen molar-refractivity contribution >= 4 is 11.0 Å². The normalized spacial score (nSPS) is 17.2. The van der Waals surface area contributed by atoms with Crippen LogP contribution in [0.2, 0.25) is 0 Å². The number of aromatic nitrogens is 2. The van der Waals surface area contributed by atoms with Crippen molar-refractivity contribution in [3.8, 4) is 0 Å². The van der Waals surface area contributed by atoms with Crippen LogP contribution in [0.25, 0.3) is 11.0 Å². The summed E-state index contributed by atoms with van der Waals surface area (Å²) >= 11 is 0. The molecule has 19 heavy (non-hydrogen) atoms. The Hall–Kier alpha value is -1.39. The molecule has 0 radical (unpaired) electrons. The highest BCUT2D eigenvalue weighted by Crippen LogP contribution is 2.17. The lowest BCUT2D eigenvalue weighted by atomic mass is 10.1. The van der Waals surface area contributed by atoms with Crippen molar-refractivity contribution in [2.45, 2.75) is 20.3 Å². The molecule has 2 N–H and O–H groups in total. The van der Waals surface area contributed by atoms with Gasteiger partial charge in [-0.15, -0.1) is 0 Å². The van der Waals surface area contributed by atoms with Crippen LogP contribution >= 0.6 is 0 Å². The molecular formula is C15H22N3O+. The molecule has 0 spiro atoms. The predicted octanol–water partition coefficient (Wildman–Crippen LogP) is 0.637. The molecule has 0 bridgehead atoms. The maximum absolute atomic E-state index is 5.38. The lowest BCUT2D eigenvalue weighted by Gasteiger charge is -2.23. The molecule has 1 saturated heterocycles. The average Bonchev–Trinajstić information content (AvgIpc) is 2.80. The van der Waals surface area contributed by atoms with E-state index in [4.69, 9.17) is 9.72 Å². The molecule has 4 nitrogen and oxygen atoms in total. The lowest BCUT2D eigenvalue weighted by molar-refractivity contribution is -0.907. The molecule has 4 heteroatoms. The van der Waals surface area contributed by atoms with Crippen LogP contribution in [0.3, 0.4) is 0 Å². The fourth-order valence-electron chi connectivity index (χ4n) is 2.65. The molecule has 1 aliphatic heterocycles. The Balaban J connectivity index is 1.70. The van der Waals surface area contributed by atoms with Crippen molar-refractivity contribution in [2.75, 3.05) is 32.8 Å². The Morgan fingerprint density at radius 2 is 1.95 bits per heavy atom. The summed E-state index contributed by atoms with van der Waals surface area (Å²) in [7, 11) is 0. The molecule has 1 aliphatic rings. The summed E-state index contributed by atoms with van der Waals surface area (Å²) in [5.74, 6) is 1.11. The summed E-state index contributed by atoms with van der Waals surface area (Å²) in [6.45, 7) is 9.47. The molecular weight excluding hydrogens is 238 g/mol. The van der Waals surface area contributed by atoms with E-state index >= 15 is 0 Å². The second-order valence-corrected chi connectivity index (χ2v) is 5.50. The van der Waals surface area contributed by atoms with Gasteiger partial charge in [-0.2, -0.15) is 0 Å². The smallest absolute Gasteiger partial charge is 0.112 e. The fourth-order valence-corrected chi connectivity index (χ4v) is 2.65. The highest BCUT2D eigenvalue weighted by molar-refractivity contribution is 5.77. The van der Waals surface area contributed by atoms with Crippen molar-refractivity contribution < 1.29 is 9.64 Å². The number of benzene rings is 1. The van der Waals surface area contributed by atoms with Gasteiger partial charge in [0.05, 0.1) is 37.2 Å². The van der Waals surface area contributed by atoms with E-state index in [0.29, 0.717) is 0 Å². The number of aryl methyl sites for hydroxylation is 2. The minimum Gasteiger partial charge on any atom is -0.370 e. The van der Waals surface area contributed by atoms with E-state index in [1.165, 1.54) is 11.1 Å². The van der Waals surface area contributed by atoms with E-state index in [2.05, 4.69) is 31.0 Å². The molecule has 2 heterocycles. The van der Waals surface area contributed by atoms with Gasteiger partial charge in [-0.1, -0.05) is 0 Å². The van der Waals surface area contributed by atoms with E-state index < -0.39 is 0 Å². The van der Waals surface area contributed by atoms with Crippen LogP contribution in [-0.2, 0) is 11.2 Å². The molecule has 1 aromatic carbocycles. The molecule has 1 fully saturated rings. The fraction of sp³-hybridized carbons (Fsp3) is 0.533. The third-order valence-corrected chi connectivity index (χ3v) is 4.06. The Morgan fingerprint density at radius 3 is 2.74 bits per heavy atom. The number of nitrogens with zero attached hydrogens (tertiary/aromatic N) is 1. The van der Waals surface area contributed by atoms with Crippen LogP contribution in [0.5, 0.6) is 0 Å². The Labute approximate surface area is 113 Å². The van der Waals surface area contributed by atoms with Crippen LogP contribution in [0.15, 0.2) is 12.1 Å². The summed E-state index contributed by atoms with van der Waals surface area (Å²) in [4.78, 5) is 9.77. The number of quaternary nitrogens is 1. The van der Waals surface area contributed by atoms with Gasteiger partial charge in [-0.3, -0.25) is 0 Å². The second-order valence-electron chi connectivity index (χ2n) is 5.50. The zero-order chi connectivity index (χ0) is 13.2. The maximum atomic E-state index is 5.38. The zero-order valence-electron chi connectivity index (χ0n) is 11.8. The number of ether oxygens (including phenoxy) is 1. The number of fused-ring (bicyclic) bond motifs is 1. The van der Waals surface area contributed by atoms with Gasteiger partial charge in [0.15, 0.2) is 0 Å². The van der Waals surface area contributed by atoms with Crippen LogP contribution < -0.4 is 4.90 Å². The highest BCUT2D eigenvalue weighted by Gasteiger charge is 2.14. The molecule has 0 unspecified atom stereocenters. The molecule has 0 aliphatic carbocycles. The first-order valence-corrected chi connectivity index (χ1v) is 7.09. The predicted molar refractivity (Wildman–Crippen MR) is 75.7 cm³/mol. The molecule has 3 rings (SSSR count).